The quantitative estimate of drug-likeness (QED) is 0.833. The molecule has 0 radical (unpaired) electrons. The summed E-state index contributed by atoms with van der Waals surface area (Å²) in [7, 11) is -3.74. The Labute approximate surface area is 130 Å². The van der Waals surface area contributed by atoms with Crippen LogP contribution in [0.25, 0.3) is 0 Å². The van der Waals surface area contributed by atoms with Gasteiger partial charge >= 0.3 is 0 Å². The first kappa shape index (κ1) is 15.4. The van der Waals surface area contributed by atoms with Gasteiger partial charge in [0.2, 0.25) is 10.0 Å². The van der Waals surface area contributed by atoms with E-state index in [1.54, 1.807) is 6.07 Å². The molecule has 0 aliphatic heterocycles. The smallest absolute Gasteiger partial charge is 0.244 e. The molecule has 0 aliphatic carbocycles. The van der Waals surface area contributed by atoms with E-state index in [0.717, 1.165) is 5.69 Å². The summed E-state index contributed by atoms with van der Waals surface area (Å²) in [5.74, 6) is 0. The summed E-state index contributed by atoms with van der Waals surface area (Å²) in [6, 6.07) is 6.81. The maximum absolute atomic E-state index is 12.2. The van der Waals surface area contributed by atoms with Crippen molar-refractivity contribution in [2.45, 2.75) is 18.4 Å². The molecule has 8 heteroatoms. The van der Waals surface area contributed by atoms with Crippen molar-refractivity contribution in [3.63, 3.8) is 0 Å². The van der Waals surface area contributed by atoms with Gasteiger partial charge in [-0.1, -0.05) is 17.7 Å². The SMILES string of the molecule is Cc1cccc(CNS(=O)(=O)c2cc(Br)cnc2Cl)n1. The summed E-state index contributed by atoms with van der Waals surface area (Å²) >= 11 is 8.99. The highest BCUT2D eigenvalue weighted by atomic mass is 79.9. The Morgan fingerprint density at radius 2 is 2.15 bits per heavy atom. The molecule has 0 saturated heterocycles. The van der Waals surface area contributed by atoms with E-state index in [1.165, 1.54) is 12.3 Å². The molecular formula is C12H11BrClN3O2S. The van der Waals surface area contributed by atoms with Gasteiger partial charge in [0, 0.05) is 16.4 Å². The highest BCUT2D eigenvalue weighted by molar-refractivity contribution is 9.10. The second-order valence-corrected chi connectivity index (χ2v) is 7.05. The number of rotatable bonds is 4. The van der Waals surface area contributed by atoms with Crippen molar-refractivity contribution >= 4 is 37.6 Å². The zero-order chi connectivity index (χ0) is 14.8. The Kier molecular flexibility index (Phi) is 4.74. The zero-order valence-electron chi connectivity index (χ0n) is 10.5. The Hall–Kier alpha value is -1.02. The molecule has 1 N–H and O–H groups in total. The second kappa shape index (κ2) is 6.17. The standard InChI is InChI=1S/C12H11BrClN3O2S/c1-8-3-2-4-10(17-8)7-16-20(18,19)11-5-9(13)6-15-12(11)14/h2-6,16H,7H2,1H3. The van der Waals surface area contributed by atoms with E-state index in [4.69, 9.17) is 11.6 Å². The van der Waals surface area contributed by atoms with Gasteiger partial charge in [-0.2, -0.15) is 0 Å². The number of nitrogens with zero attached hydrogens (tertiary/aromatic N) is 2. The number of pyridine rings is 2. The second-order valence-electron chi connectivity index (χ2n) is 4.04. The molecule has 0 saturated carbocycles. The molecule has 0 spiro atoms. The van der Waals surface area contributed by atoms with Crippen LogP contribution < -0.4 is 4.72 Å². The molecule has 0 fully saturated rings. The lowest BCUT2D eigenvalue weighted by Gasteiger charge is -2.08. The van der Waals surface area contributed by atoms with Crippen LogP contribution in [0.3, 0.4) is 0 Å². The number of aryl methyl sites for hydroxylation is 1. The molecule has 0 bridgehead atoms. The van der Waals surface area contributed by atoms with Gasteiger partial charge in [-0.15, -0.1) is 0 Å². The molecule has 2 rings (SSSR count). The van der Waals surface area contributed by atoms with Crippen molar-refractivity contribution in [3.8, 4) is 0 Å². The van der Waals surface area contributed by atoms with Crippen molar-refractivity contribution in [1.82, 2.24) is 14.7 Å². The van der Waals surface area contributed by atoms with Crippen molar-refractivity contribution in [2.75, 3.05) is 0 Å². The van der Waals surface area contributed by atoms with Gasteiger partial charge in [0.15, 0.2) is 0 Å². The Bertz CT molecular complexity index is 737. The molecule has 0 amide bonds. The van der Waals surface area contributed by atoms with Crippen molar-refractivity contribution in [3.05, 3.63) is 51.5 Å². The molecule has 2 aromatic heterocycles. The molecular weight excluding hydrogens is 366 g/mol. The molecule has 0 unspecified atom stereocenters. The minimum atomic E-state index is -3.74. The highest BCUT2D eigenvalue weighted by Gasteiger charge is 2.19. The normalized spacial score (nSPS) is 11.6. The van der Waals surface area contributed by atoms with Crippen LogP contribution in [0.15, 0.2) is 39.8 Å². The van der Waals surface area contributed by atoms with Crippen molar-refractivity contribution in [1.29, 1.82) is 0 Å². The third-order valence-electron chi connectivity index (χ3n) is 2.45. The average molecular weight is 377 g/mol. The summed E-state index contributed by atoms with van der Waals surface area (Å²) in [5, 5.41) is -0.0714. The predicted molar refractivity (Wildman–Crippen MR) is 79.9 cm³/mol. The van der Waals surface area contributed by atoms with Gasteiger partial charge in [-0.3, -0.25) is 4.98 Å². The molecule has 20 heavy (non-hydrogen) atoms. The van der Waals surface area contributed by atoms with E-state index in [2.05, 4.69) is 30.6 Å². The Morgan fingerprint density at radius 1 is 1.40 bits per heavy atom. The predicted octanol–water partition coefficient (Wildman–Crippen LogP) is 2.68. The summed E-state index contributed by atoms with van der Waals surface area (Å²) in [6.45, 7) is 1.93. The summed E-state index contributed by atoms with van der Waals surface area (Å²) in [6.07, 6.45) is 1.43. The molecule has 106 valence electrons. The summed E-state index contributed by atoms with van der Waals surface area (Å²) in [5.41, 5.74) is 1.46. The lowest BCUT2D eigenvalue weighted by atomic mass is 10.3. The lowest BCUT2D eigenvalue weighted by molar-refractivity contribution is 0.580. The molecule has 2 aromatic rings. The maximum Gasteiger partial charge on any atom is 0.244 e. The topological polar surface area (TPSA) is 72.0 Å². The van der Waals surface area contributed by atoms with Gasteiger partial charge in [0.1, 0.15) is 10.0 Å². The number of hydrogen-bond donors (Lipinski definition) is 1. The summed E-state index contributed by atoms with van der Waals surface area (Å²) in [4.78, 5) is 7.95. The van der Waals surface area contributed by atoms with Gasteiger partial charge in [0.05, 0.1) is 12.2 Å². The van der Waals surface area contributed by atoms with Gasteiger partial charge in [-0.05, 0) is 41.1 Å². The minimum Gasteiger partial charge on any atom is -0.257 e. The van der Waals surface area contributed by atoms with E-state index in [9.17, 15) is 8.42 Å². The van der Waals surface area contributed by atoms with Gasteiger partial charge in [0.25, 0.3) is 0 Å². The van der Waals surface area contributed by atoms with Crippen molar-refractivity contribution in [2.24, 2.45) is 0 Å². The number of sulfonamides is 1. The molecule has 2 heterocycles. The van der Waals surface area contributed by atoms with E-state index in [0.29, 0.717) is 10.2 Å². The van der Waals surface area contributed by atoms with Gasteiger partial charge < -0.3 is 0 Å². The van der Waals surface area contributed by atoms with Crippen LogP contribution in [-0.4, -0.2) is 18.4 Å². The van der Waals surface area contributed by atoms with Crippen LogP contribution in [0.1, 0.15) is 11.4 Å². The van der Waals surface area contributed by atoms with Crippen LogP contribution in [0, 0.1) is 6.92 Å². The minimum absolute atomic E-state index is 0.0683. The third-order valence-corrected chi connectivity index (χ3v) is 4.71. The van der Waals surface area contributed by atoms with Crippen LogP contribution in [-0.2, 0) is 16.6 Å². The number of aromatic nitrogens is 2. The maximum atomic E-state index is 12.2. The fraction of sp³-hybridized carbons (Fsp3) is 0.167. The fourth-order valence-electron chi connectivity index (χ4n) is 1.54. The number of nitrogens with one attached hydrogen (secondary N) is 1. The van der Waals surface area contributed by atoms with Gasteiger partial charge in [-0.25, -0.2) is 18.1 Å². The Morgan fingerprint density at radius 3 is 2.85 bits per heavy atom. The van der Waals surface area contributed by atoms with Crippen LogP contribution in [0.5, 0.6) is 0 Å². The molecule has 0 aromatic carbocycles. The Balaban J connectivity index is 2.21. The van der Waals surface area contributed by atoms with Crippen LogP contribution >= 0.6 is 27.5 Å². The van der Waals surface area contributed by atoms with Crippen molar-refractivity contribution < 1.29 is 8.42 Å². The van der Waals surface area contributed by atoms with E-state index >= 15 is 0 Å². The van der Waals surface area contributed by atoms with E-state index in [-0.39, 0.29) is 16.6 Å². The monoisotopic (exact) mass is 375 g/mol. The average Bonchev–Trinajstić information content (AvgIpc) is 2.39. The fourth-order valence-corrected chi connectivity index (χ4v) is 3.48. The lowest BCUT2D eigenvalue weighted by Crippen LogP contribution is -2.24. The number of hydrogen-bond acceptors (Lipinski definition) is 4. The summed E-state index contributed by atoms with van der Waals surface area (Å²) < 4.78 is 27.3. The first-order valence-corrected chi connectivity index (χ1v) is 8.27. The first-order chi connectivity index (χ1) is 9.38. The molecule has 0 aliphatic rings. The molecule has 5 nitrogen and oxygen atoms in total. The van der Waals surface area contributed by atoms with Crippen LogP contribution in [0.4, 0.5) is 0 Å². The third kappa shape index (κ3) is 3.76. The highest BCUT2D eigenvalue weighted by Crippen LogP contribution is 2.22. The van der Waals surface area contributed by atoms with Crippen LogP contribution in [0.2, 0.25) is 5.15 Å². The number of halogens is 2. The van der Waals surface area contributed by atoms with E-state index < -0.39 is 10.0 Å². The molecule has 0 atom stereocenters. The van der Waals surface area contributed by atoms with E-state index in [1.807, 2.05) is 19.1 Å². The largest absolute Gasteiger partial charge is 0.257 e. The first-order valence-electron chi connectivity index (χ1n) is 5.62. The zero-order valence-corrected chi connectivity index (χ0v) is 13.6.